The van der Waals surface area contributed by atoms with Gasteiger partial charge in [0.1, 0.15) is 6.04 Å². The summed E-state index contributed by atoms with van der Waals surface area (Å²) < 4.78 is 0. The number of hydrogen-bond acceptors (Lipinski definition) is 3. The monoisotopic (exact) mass is 422 g/mol. The van der Waals surface area contributed by atoms with Crippen LogP contribution in [-0.2, 0) is 4.79 Å². The zero-order valence-corrected chi connectivity index (χ0v) is 16.5. The van der Waals surface area contributed by atoms with Gasteiger partial charge in [-0.15, -0.1) is 0 Å². The molecule has 28 heavy (non-hydrogen) atoms. The largest absolute Gasteiger partial charge is 0.480 e. The van der Waals surface area contributed by atoms with Crippen molar-refractivity contribution < 1.29 is 19.5 Å². The first kappa shape index (κ1) is 21.7. The highest BCUT2D eigenvalue weighted by molar-refractivity contribution is 6.34. The Labute approximate surface area is 172 Å². The molecule has 6 nitrogen and oxygen atoms in total. The van der Waals surface area contributed by atoms with Crippen LogP contribution in [0.2, 0.25) is 10.0 Å². The number of aliphatic carboxylic acids is 1. The van der Waals surface area contributed by atoms with E-state index in [0.717, 1.165) is 0 Å². The lowest BCUT2D eigenvalue weighted by atomic mass is 10.1. The predicted octanol–water partition coefficient (Wildman–Crippen LogP) is 3.78. The van der Waals surface area contributed by atoms with Crippen molar-refractivity contribution in [2.45, 2.75) is 25.3 Å². The van der Waals surface area contributed by atoms with Gasteiger partial charge in [0.05, 0.1) is 21.2 Å². The average Bonchev–Trinajstić information content (AvgIpc) is 2.67. The van der Waals surface area contributed by atoms with E-state index in [1.54, 1.807) is 42.5 Å². The van der Waals surface area contributed by atoms with Gasteiger partial charge in [-0.3, -0.25) is 9.59 Å². The summed E-state index contributed by atoms with van der Waals surface area (Å²) >= 11 is 11.9. The number of unbranched alkanes of at least 4 members (excludes halogenated alkanes) is 1. The second-order valence-corrected chi connectivity index (χ2v) is 6.89. The molecule has 0 aliphatic rings. The Kier molecular flexibility index (Phi) is 8.29. The molecule has 2 aromatic rings. The fourth-order valence-electron chi connectivity index (χ4n) is 2.55. The van der Waals surface area contributed by atoms with Gasteiger partial charge in [0.2, 0.25) is 0 Å². The van der Waals surface area contributed by atoms with Crippen LogP contribution in [0.1, 0.15) is 40.0 Å². The van der Waals surface area contributed by atoms with Crippen molar-refractivity contribution in [1.82, 2.24) is 10.6 Å². The van der Waals surface area contributed by atoms with Gasteiger partial charge < -0.3 is 15.7 Å². The van der Waals surface area contributed by atoms with Crippen molar-refractivity contribution in [1.29, 1.82) is 0 Å². The number of carbonyl (C=O) groups is 3. The maximum absolute atomic E-state index is 12.2. The van der Waals surface area contributed by atoms with E-state index in [0.29, 0.717) is 30.0 Å². The maximum Gasteiger partial charge on any atom is 0.326 e. The van der Waals surface area contributed by atoms with Crippen molar-refractivity contribution >= 4 is 41.0 Å². The topological polar surface area (TPSA) is 95.5 Å². The van der Waals surface area contributed by atoms with Crippen LogP contribution in [0.15, 0.2) is 48.5 Å². The van der Waals surface area contributed by atoms with E-state index in [1.807, 2.05) is 0 Å². The van der Waals surface area contributed by atoms with Gasteiger partial charge in [0, 0.05) is 6.54 Å². The number of amides is 2. The first-order valence-corrected chi connectivity index (χ1v) is 9.46. The fraction of sp³-hybridized carbons (Fsp3) is 0.250. The van der Waals surface area contributed by atoms with Crippen LogP contribution in [-0.4, -0.2) is 35.5 Å². The van der Waals surface area contributed by atoms with Crippen LogP contribution in [0.25, 0.3) is 0 Å². The standard InChI is InChI=1S/C20H20Cl2N2O4/c21-15-9-3-1-7-13(15)18(25)23-12-6-5-11-17(20(27)28)24-19(26)14-8-2-4-10-16(14)22/h1-4,7-10,17H,5-6,11-12H2,(H,23,25)(H,24,26)(H,27,28)/t17-/m0/s1. The molecule has 1 atom stereocenters. The minimum absolute atomic E-state index is 0.224. The molecule has 148 valence electrons. The zero-order valence-electron chi connectivity index (χ0n) is 15.0. The Morgan fingerprint density at radius 1 is 0.857 bits per heavy atom. The number of hydrogen-bond donors (Lipinski definition) is 3. The molecule has 0 aromatic heterocycles. The number of carboxylic acids is 1. The van der Waals surface area contributed by atoms with E-state index < -0.39 is 17.9 Å². The van der Waals surface area contributed by atoms with E-state index in [4.69, 9.17) is 23.2 Å². The summed E-state index contributed by atoms with van der Waals surface area (Å²) in [5, 5.41) is 15.2. The molecule has 3 N–H and O–H groups in total. The van der Waals surface area contributed by atoms with Gasteiger partial charge in [0.25, 0.3) is 11.8 Å². The van der Waals surface area contributed by atoms with Crippen molar-refractivity contribution in [3.8, 4) is 0 Å². The van der Waals surface area contributed by atoms with Crippen LogP contribution in [0, 0.1) is 0 Å². The van der Waals surface area contributed by atoms with Gasteiger partial charge in [-0.25, -0.2) is 4.79 Å². The molecule has 2 amide bonds. The minimum Gasteiger partial charge on any atom is -0.480 e. The summed E-state index contributed by atoms with van der Waals surface area (Å²) in [6, 6.07) is 12.1. The molecule has 0 bridgehead atoms. The Balaban J connectivity index is 1.78. The Hall–Kier alpha value is -2.57. The maximum atomic E-state index is 12.2. The van der Waals surface area contributed by atoms with E-state index >= 15 is 0 Å². The second kappa shape index (κ2) is 10.7. The van der Waals surface area contributed by atoms with Gasteiger partial charge in [0.15, 0.2) is 0 Å². The number of benzene rings is 2. The van der Waals surface area contributed by atoms with E-state index in [2.05, 4.69) is 10.6 Å². The molecule has 0 aliphatic carbocycles. The van der Waals surface area contributed by atoms with E-state index in [1.165, 1.54) is 6.07 Å². The smallest absolute Gasteiger partial charge is 0.326 e. The minimum atomic E-state index is -1.12. The van der Waals surface area contributed by atoms with Crippen LogP contribution in [0.5, 0.6) is 0 Å². The molecule has 0 radical (unpaired) electrons. The second-order valence-electron chi connectivity index (χ2n) is 6.08. The molecular formula is C20H20Cl2N2O4. The van der Waals surface area contributed by atoms with Gasteiger partial charge in [-0.1, -0.05) is 47.5 Å². The SMILES string of the molecule is O=C(NCCCC[C@H](NC(=O)c1ccccc1Cl)C(=O)O)c1ccccc1Cl. The fourth-order valence-corrected chi connectivity index (χ4v) is 3.00. The lowest BCUT2D eigenvalue weighted by Gasteiger charge is -2.15. The highest BCUT2D eigenvalue weighted by atomic mass is 35.5. The number of rotatable bonds is 9. The molecule has 0 saturated heterocycles. The van der Waals surface area contributed by atoms with Crippen molar-refractivity contribution in [3.63, 3.8) is 0 Å². The predicted molar refractivity (Wildman–Crippen MR) is 108 cm³/mol. The zero-order chi connectivity index (χ0) is 20.5. The summed E-state index contributed by atoms with van der Waals surface area (Å²) in [7, 11) is 0. The molecular weight excluding hydrogens is 403 g/mol. The van der Waals surface area contributed by atoms with Gasteiger partial charge >= 0.3 is 5.97 Å². The molecule has 0 aliphatic heterocycles. The third kappa shape index (κ3) is 6.25. The van der Waals surface area contributed by atoms with Crippen LogP contribution >= 0.6 is 23.2 Å². The summed E-state index contributed by atoms with van der Waals surface area (Å²) in [4.78, 5) is 35.7. The summed E-state index contributed by atoms with van der Waals surface area (Å²) in [6.45, 7) is 0.370. The number of halogens is 2. The van der Waals surface area contributed by atoms with Gasteiger partial charge in [-0.05, 0) is 43.5 Å². The molecule has 0 heterocycles. The first-order valence-electron chi connectivity index (χ1n) is 8.71. The average molecular weight is 423 g/mol. The molecule has 8 heteroatoms. The van der Waals surface area contributed by atoms with Crippen molar-refractivity contribution in [2.24, 2.45) is 0 Å². The molecule has 0 spiro atoms. The molecule has 0 unspecified atom stereocenters. The summed E-state index contributed by atoms with van der Waals surface area (Å²) in [5.74, 6) is -1.95. The Bertz CT molecular complexity index is 858. The third-order valence-electron chi connectivity index (χ3n) is 4.05. The molecule has 0 saturated carbocycles. The third-order valence-corrected chi connectivity index (χ3v) is 4.70. The van der Waals surface area contributed by atoms with Gasteiger partial charge in [-0.2, -0.15) is 0 Å². The molecule has 2 rings (SSSR count). The van der Waals surface area contributed by atoms with Crippen LogP contribution in [0.3, 0.4) is 0 Å². The molecule has 0 fully saturated rings. The quantitative estimate of drug-likeness (QED) is 0.535. The van der Waals surface area contributed by atoms with Crippen molar-refractivity contribution in [2.75, 3.05) is 6.54 Å². The highest BCUT2D eigenvalue weighted by Crippen LogP contribution is 2.16. The van der Waals surface area contributed by atoms with Crippen LogP contribution in [0.4, 0.5) is 0 Å². The number of nitrogens with one attached hydrogen (secondary N) is 2. The highest BCUT2D eigenvalue weighted by Gasteiger charge is 2.21. The van der Waals surface area contributed by atoms with Crippen LogP contribution < -0.4 is 10.6 Å². The lowest BCUT2D eigenvalue weighted by molar-refractivity contribution is -0.139. The molecule has 2 aromatic carbocycles. The Morgan fingerprint density at radius 2 is 1.39 bits per heavy atom. The van der Waals surface area contributed by atoms with E-state index in [-0.39, 0.29) is 22.9 Å². The number of carboxylic acid groups (broad SMARTS) is 1. The first-order chi connectivity index (χ1) is 13.4. The van der Waals surface area contributed by atoms with E-state index in [9.17, 15) is 19.5 Å². The summed E-state index contributed by atoms with van der Waals surface area (Å²) in [5.41, 5.74) is 0.613. The Morgan fingerprint density at radius 3 is 1.93 bits per heavy atom. The lowest BCUT2D eigenvalue weighted by Crippen LogP contribution is -2.41. The summed E-state index contributed by atoms with van der Waals surface area (Å²) in [6.07, 6.45) is 1.29. The van der Waals surface area contributed by atoms with Crippen molar-refractivity contribution in [3.05, 3.63) is 69.7 Å². The number of carbonyl (C=O) groups excluding carboxylic acids is 2. The normalized spacial score (nSPS) is 11.5.